The Kier molecular flexibility index (Phi) is 5.87. The van der Waals surface area contributed by atoms with E-state index in [1.165, 1.54) is 16.4 Å². The SMILES string of the molecule is CC(C)COc1ccc(S(=O)(=O)N2CC(C(=O)O)CCC2C)cc1. The van der Waals surface area contributed by atoms with Gasteiger partial charge in [-0.15, -0.1) is 0 Å². The van der Waals surface area contributed by atoms with E-state index in [0.29, 0.717) is 31.1 Å². The van der Waals surface area contributed by atoms with Crippen LogP contribution in [0.25, 0.3) is 0 Å². The Labute approximate surface area is 143 Å². The van der Waals surface area contributed by atoms with Crippen LogP contribution in [0.2, 0.25) is 0 Å². The number of nitrogens with zero attached hydrogens (tertiary/aromatic N) is 1. The van der Waals surface area contributed by atoms with Crippen molar-refractivity contribution < 1.29 is 23.1 Å². The second-order valence-electron chi connectivity index (χ2n) is 6.71. The number of rotatable bonds is 6. The second kappa shape index (κ2) is 7.53. The van der Waals surface area contributed by atoms with Crippen molar-refractivity contribution in [2.45, 2.75) is 44.6 Å². The molecule has 0 saturated carbocycles. The third-order valence-electron chi connectivity index (χ3n) is 4.19. The predicted octanol–water partition coefficient (Wildman–Crippen LogP) is 2.60. The standard InChI is InChI=1S/C17H25NO5S/c1-12(2)11-23-15-6-8-16(9-7-15)24(21,22)18-10-14(17(19)20)5-4-13(18)3/h6-9,12-14H,4-5,10-11H2,1-3H3,(H,19,20). The maximum Gasteiger partial charge on any atom is 0.307 e. The van der Waals surface area contributed by atoms with Crippen LogP contribution in [0.3, 0.4) is 0 Å². The van der Waals surface area contributed by atoms with Crippen LogP contribution in [0, 0.1) is 11.8 Å². The Morgan fingerprint density at radius 3 is 2.46 bits per heavy atom. The van der Waals surface area contributed by atoms with E-state index >= 15 is 0 Å². The van der Waals surface area contributed by atoms with Gasteiger partial charge in [0, 0.05) is 12.6 Å². The zero-order valence-electron chi connectivity index (χ0n) is 14.3. The fourth-order valence-corrected chi connectivity index (χ4v) is 4.42. The molecule has 24 heavy (non-hydrogen) atoms. The molecule has 1 fully saturated rings. The highest BCUT2D eigenvalue weighted by molar-refractivity contribution is 7.89. The quantitative estimate of drug-likeness (QED) is 0.848. The number of aliphatic carboxylic acids is 1. The van der Waals surface area contributed by atoms with E-state index in [1.807, 2.05) is 20.8 Å². The van der Waals surface area contributed by atoms with Gasteiger partial charge in [0.25, 0.3) is 0 Å². The van der Waals surface area contributed by atoms with Crippen LogP contribution in [-0.2, 0) is 14.8 Å². The predicted molar refractivity (Wildman–Crippen MR) is 90.5 cm³/mol. The van der Waals surface area contributed by atoms with Gasteiger partial charge < -0.3 is 9.84 Å². The molecule has 0 bridgehead atoms. The Balaban J connectivity index is 2.18. The lowest BCUT2D eigenvalue weighted by Crippen LogP contribution is -2.47. The molecule has 2 unspecified atom stereocenters. The minimum absolute atomic E-state index is 0.0183. The van der Waals surface area contributed by atoms with Crippen LogP contribution in [0.15, 0.2) is 29.2 Å². The minimum Gasteiger partial charge on any atom is -0.493 e. The zero-order chi connectivity index (χ0) is 17.9. The van der Waals surface area contributed by atoms with Gasteiger partial charge >= 0.3 is 5.97 Å². The first-order valence-corrected chi connectivity index (χ1v) is 9.63. The Morgan fingerprint density at radius 1 is 1.29 bits per heavy atom. The van der Waals surface area contributed by atoms with Gasteiger partial charge in [0.05, 0.1) is 17.4 Å². The molecule has 0 aromatic heterocycles. The average molecular weight is 355 g/mol. The fourth-order valence-electron chi connectivity index (χ4n) is 2.72. The minimum atomic E-state index is -3.71. The lowest BCUT2D eigenvalue weighted by Gasteiger charge is -2.35. The number of carboxylic acid groups (broad SMARTS) is 1. The molecule has 1 heterocycles. The summed E-state index contributed by atoms with van der Waals surface area (Å²) in [6.07, 6.45) is 1.05. The summed E-state index contributed by atoms with van der Waals surface area (Å²) in [5, 5.41) is 9.18. The normalized spacial score (nSPS) is 22.5. The van der Waals surface area contributed by atoms with Crippen LogP contribution in [0.5, 0.6) is 5.75 Å². The summed E-state index contributed by atoms with van der Waals surface area (Å²) in [4.78, 5) is 11.4. The van der Waals surface area contributed by atoms with Crippen molar-refractivity contribution in [2.24, 2.45) is 11.8 Å². The van der Waals surface area contributed by atoms with Gasteiger partial charge in [-0.1, -0.05) is 13.8 Å². The van der Waals surface area contributed by atoms with Gasteiger partial charge in [-0.25, -0.2) is 8.42 Å². The highest BCUT2D eigenvalue weighted by atomic mass is 32.2. The van der Waals surface area contributed by atoms with Gasteiger partial charge in [-0.2, -0.15) is 4.31 Å². The molecule has 1 aromatic carbocycles. The van der Waals surface area contributed by atoms with Gasteiger partial charge in [0.1, 0.15) is 5.75 Å². The second-order valence-corrected chi connectivity index (χ2v) is 8.60. The van der Waals surface area contributed by atoms with Crippen molar-refractivity contribution in [1.82, 2.24) is 4.31 Å². The number of carboxylic acids is 1. The summed E-state index contributed by atoms with van der Waals surface area (Å²) in [7, 11) is -3.71. The molecule has 2 rings (SSSR count). The summed E-state index contributed by atoms with van der Waals surface area (Å²) in [6.45, 7) is 6.47. The summed E-state index contributed by atoms with van der Waals surface area (Å²) in [5.74, 6) is -0.586. The first kappa shape index (κ1) is 18.7. The molecule has 1 N–H and O–H groups in total. The fraction of sp³-hybridized carbons (Fsp3) is 0.588. The third kappa shape index (κ3) is 4.27. The molecule has 0 aliphatic carbocycles. The molecule has 0 amide bonds. The van der Waals surface area contributed by atoms with Gasteiger partial charge in [0.2, 0.25) is 10.0 Å². The van der Waals surface area contributed by atoms with E-state index in [1.54, 1.807) is 12.1 Å². The van der Waals surface area contributed by atoms with E-state index in [2.05, 4.69) is 0 Å². The molecule has 1 aromatic rings. The van der Waals surface area contributed by atoms with Crippen LogP contribution in [0.4, 0.5) is 0 Å². The largest absolute Gasteiger partial charge is 0.493 e. The molecular formula is C17H25NO5S. The summed E-state index contributed by atoms with van der Waals surface area (Å²) >= 11 is 0. The summed E-state index contributed by atoms with van der Waals surface area (Å²) in [6, 6.07) is 6.10. The summed E-state index contributed by atoms with van der Waals surface area (Å²) in [5.41, 5.74) is 0. The monoisotopic (exact) mass is 355 g/mol. The van der Waals surface area contributed by atoms with Crippen LogP contribution in [-0.4, -0.2) is 43.0 Å². The van der Waals surface area contributed by atoms with E-state index in [9.17, 15) is 18.3 Å². The number of sulfonamides is 1. The van der Waals surface area contributed by atoms with Crippen molar-refractivity contribution in [3.05, 3.63) is 24.3 Å². The van der Waals surface area contributed by atoms with E-state index in [0.717, 1.165) is 0 Å². The number of hydrogen-bond acceptors (Lipinski definition) is 4. The molecule has 7 heteroatoms. The average Bonchev–Trinajstić information content (AvgIpc) is 2.53. The van der Waals surface area contributed by atoms with Gasteiger partial charge in [-0.3, -0.25) is 4.79 Å². The van der Waals surface area contributed by atoms with Crippen LogP contribution >= 0.6 is 0 Å². The van der Waals surface area contributed by atoms with Crippen molar-refractivity contribution in [3.8, 4) is 5.75 Å². The van der Waals surface area contributed by atoms with Crippen LogP contribution in [0.1, 0.15) is 33.6 Å². The lowest BCUT2D eigenvalue weighted by atomic mass is 9.96. The van der Waals surface area contributed by atoms with Crippen LogP contribution < -0.4 is 4.74 Å². The molecule has 1 aliphatic rings. The van der Waals surface area contributed by atoms with E-state index in [-0.39, 0.29) is 17.5 Å². The van der Waals surface area contributed by atoms with Gasteiger partial charge in [-0.05, 0) is 49.9 Å². The number of piperidine rings is 1. The van der Waals surface area contributed by atoms with Gasteiger partial charge in [0.15, 0.2) is 0 Å². The number of benzene rings is 1. The number of hydrogen-bond donors (Lipinski definition) is 1. The highest BCUT2D eigenvalue weighted by Crippen LogP contribution is 2.29. The highest BCUT2D eigenvalue weighted by Gasteiger charge is 2.37. The molecule has 2 atom stereocenters. The maximum atomic E-state index is 12.8. The maximum absolute atomic E-state index is 12.8. The van der Waals surface area contributed by atoms with Crippen molar-refractivity contribution in [3.63, 3.8) is 0 Å². The molecule has 1 aliphatic heterocycles. The molecule has 0 radical (unpaired) electrons. The first-order chi connectivity index (χ1) is 11.2. The third-order valence-corrected chi connectivity index (χ3v) is 6.18. The smallest absolute Gasteiger partial charge is 0.307 e. The topological polar surface area (TPSA) is 83.9 Å². The molecule has 134 valence electrons. The Hall–Kier alpha value is -1.60. The van der Waals surface area contributed by atoms with Crippen molar-refractivity contribution in [1.29, 1.82) is 0 Å². The first-order valence-electron chi connectivity index (χ1n) is 8.19. The number of carbonyl (C=O) groups is 1. The van der Waals surface area contributed by atoms with E-state index in [4.69, 9.17) is 4.74 Å². The molecule has 0 spiro atoms. The number of ether oxygens (including phenoxy) is 1. The van der Waals surface area contributed by atoms with E-state index < -0.39 is 21.9 Å². The lowest BCUT2D eigenvalue weighted by molar-refractivity contribution is -0.143. The Morgan fingerprint density at radius 2 is 1.92 bits per heavy atom. The molecule has 6 nitrogen and oxygen atoms in total. The molecular weight excluding hydrogens is 330 g/mol. The molecule has 1 saturated heterocycles. The van der Waals surface area contributed by atoms with Crippen molar-refractivity contribution in [2.75, 3.05) is 13.2 Å². The summed E-state index contributed by atoms with van der Waals surface area (Å²) < 4.78 is 32.5. The van der Waals surface area contributed by atoms with Crippen molar-refractivity contribution >= 4 is 16.0 Å². The Bertz CT molecular complexity index is 669. The zero-order valence-corrected chi connectivity index (χ0v) is 15.1.